The molecule has 9 heteroatoms. The molecule has 3 rings (SSSR count). The van der Waals surface area contributed by atoms with Crippen molar-refractivity contribution in [3.05, 3.63) is 74.2 Å². The fourth-order valence-corrected chi connectivity index (χ4v) is 3.51. The average molecular weight is 479 g/mol. The molecule has 1 heterocycles. The zero-order valence-corrected chi connectivity index (χ0v) is 17.7. The summed E-state index contributed by atoms with van der Waals surface area (Å²) in [5, 5.41) is 3.56. The van der Waals surface area contributed by atoms with E-state index in [1.807, 2.05) is 0 Å². The zero-order valence-electron chi connectivity index (χ0n) is 15.4. The van der Waals surface area contributed by atoms with Gasteiger partial charge in [0.1, 0.15) is 6.54 Å². The van der Waals surface area contributed by atoms with Crippen LogP contribution in [0.5, 0.6) is 0 Å². The highest BCUT2D eigenvalue weighted by Crippen LogP contribution is 2.25. The summed E-state index contributed by atoms with van der Waals surface area (Å²) in [4.78, 5) is 41.3. The molecule has 2 aromatic carbocycles. The molecule has 1 unspecified atom stereocenters. The third-order valence-electron chi connectivity index (χ3n) is 4.31. The van der Waals surface area contributed by atoms with Gasteiger partial charge in [-0.15, -0.1) is 0 Å². The lowest BCUT2D eigenvalue weighted by Crippen LogP contribution is -2.36. The number of benzene rings is 2. The Morgan fingerprint density at radius 3 is 2.76 bits per heavy atom. The zero-order chi connectivity index (χ0) is 21.0. The van der Waals surface area contributed by atoms with Crippen molar-refractivity contribution in [1.29, 1.82) is 0 Å². The summed E-state index contributed by atoms with van der Waals surface area (Å²) in [6.07, 6.45) is 1.23. The first-order valence-electron chi connectivity index (χ1n) is 8.64. The number of esters is 1. The number of nitrogens with one attached hydrogen (secondary N) is 1. The highest BCUT2D eigenvalue weighted by Gasteiger charge is 2.21. The monoisotopic (exact) mass is 477 g/mol. The van der Waals surface area contributed by atoms with E-state index in [4.69, 9.17) is 16.3 Å². The summed E-state index contributed by atoms with van der Waals surface area (Å²) >= 11 is 9.55. The Labute approximate surface area is 179 Å². The molecule has 0 radical (unpaired) electrons. The van der Waals surface area contributed by atoms with Gasteiger partial charge in [-0.1, -0.05) is 45.7 Å². The lowest BCUT2D eigenvalue weighted by Gasteiger charge is -2.19. The second-order valence-electron chi connectivity index (χ2n) is 6.26. The van der Waals surface area contributed by atoms with Gasteiger partial charge in [-0.3, -0.25) is 19.0 Å². The molecular formula is C20H17BrClN3O4. The van der Waals surface area contributed by atoms with Gasteiger partial charge >= 0.3 is 5.97 Å². The van der Waals surface area contributed by atoms with E-state index >= 15 is 0 Å². The molecule has 0 spiro atoms. The quantitative estimate of drug-likeness (QED) is 0.549. The van der Waals surface area contributed by atoms with Gasteiger partial charge in [0.05, 0.1) is 36.8 Å². The maximum Gasteiger partial charge on any atom is 0.307 e. The lowest BCUT2D eigenvalue weighted by molar-refractivity contribution is -0.141. The molecule has 1 aromatic heterocycles. The minimum atomic E-state index is -0.693. The first-order chi connectivity index (χ1) is 13.9. The average Bonchev–Trinajstić information content (AvgIpc) is 2.70. The van der Waals surface area contributed by atoms with Gasteiger partial charge in [-0.25, -0.2) is 4.98 Å². The van der Waals surface area contributed by atoms with Crippen LogP contribution in [0.2, 0.25) is 5.02 Å². The van der Waals surface area contributed by atoms with Crippen LogP contribution in [0.25, 0.3) is 10.9 Å². The van der Waals surface area contributed by atoms with Gasteiger partial charge in [-0.05, 0) is 29.8 Å². The van der Waals surface area contributed by atoms with E-state index in [-0.39, 0.29) is 18.5 Å². The molecule has 3 aromatic rings. The van der Waals surface area contributed by atoms with E-state index in [9.17, 15) is 14.4 Å². The summed E-state index contributed by atoms with van der Waals surface area (Å²) in [6.45, 7) is -0.254. The Morgan fingerprint density at radius 2 is 2.03 bits per heavy atom. The number of ether oxygens (including phenoxy) is 1. The molecule has 0 fully saturated rings. The van der Waals surface area contributed by atoms with Crippen molar-refractivity contribution >= 4 is 50.3 Å². The van der Waals surface area contributed by atoms with E-state index in [0.29, 0.717) is 21.5 Å². The molecule has 7 nitrogen and oxygen atoms in total. The number of hydrogen-bond acceptors (Lipinski definition) is 5. The summed E-state index contributed by atoms with van der Waals surface area (Å²) in [5.74, 6) is -0.957. The molecule has 1 N–H and O–H groups in total. The van der Waals surface area contributed by atoms with Gasteiger partial charge in [0.25, 0.3) is 5.56 Å². The number of rotatable bonds is 6. The Morgan fingerprint density at radius 1 is 1.28 bits per heavy atom. The van der Waals surface area contributed by atoms with Gasteiger partial charge in [0, 0.05) is 9.50 Å². The number of nitrogens with zero attached hydrogens (tertiary/aromatic N) is 2. The number of halogens is 2. The fourth-order valence-electron chi connectivity index (χ4n) is 2.88. The summed E-state index contributed by atoms with van der Waals surface area (Å²) < 4.78 is 6.67. The molecule has 0 aliphatic carbocycles. The highest BCUT2D eigenvalue weighted by molar-refractivity contribution is 9.10. The van der Waals surface area contributed by atoms with E-state index in [1.165, 1.54) is 18.0 Å². The normalized spacial score (nSPS) is 11.8. The number of methoxy groups -OCH3 is 1. The number of fused-ring (bicyclic) bond motifs is 1. The van der Waals surface area contributed by atoms with Crippen LogP contribution in [0.1, 0.15) is 18.0 Å². The molecule has 1 amide bonds. The fraction of sp³-hybridized carbons (Fsp3) is 0.200. The Kier molecular flexibility index (Phi) is 6.66. The Hall–Kier alpha value is -2.71. The minimum Gasteiger partial charge on any atom is -0.469 e. The van der Waals surface area contributed by atoms with Crippen molar-refractivity contribution in [2.45, 2.75) is 19.0 Å². The largest absolute Gasteiger partial charge is 0.469 e. The van der Waals surface area contributed by atoms with Gasteiger partial charge in [0.2, 0.25) is 5.91 Å². The van der Waals surface area contributed by atoms with Gasteiger partial charge in [0.15, 0.2) is 0 Å². The Bertz CT molecular complexity index is 1130. The Balaban J connectivity index is 1.84. The molecule has 1 atom stereocenters. The van der Waals surface area contributed by atoms with E-state index in [1.54, 1.807) is 42.5 Å². The van der Waals surface area contributed by atoms with Crippen molar-refractivity contribution in [3.8, 4) is 0 Å². The molecule has 0 aliphatic heterocycles. The van der Waals surface area contributed by atoms with Crippen LogP contribution in [0, 0.1) is 0 Å². The maximum absolute atomic E-state index is 12.7. The molecule has 0 bridgehead atoms. The smallest absolute Gasteiger partial charge is 0.307 e. The van der Waals surface area contributed by atoms with Crippen LogP contribution in [0.15, 0.2) is 58.1 Å². The number of amides is 1. The summed E-state index contributed by atoms with van der Waals surface area (Å²) in [6, 6.07) is 11.4. The van der Waals surface area contributed by atoms with Crippen molar-refractivity contribution in [2.75, 3.05) is 7.11 Å². The van der Waals surface area contributed by atoms with E-state index in [2.05, 4.69) is 26.2 Å². The number of aromatic nitrogens is 2. The molecule has 150 valence electrons. The summed E-state index contributed by atoms with van der Waals surface area (Å²) in [7, 11) is 1.27. The minimum absolute atomic E-state index is 0.0935. The van der Waals surface area contributed by atoms with Crippen LogP contribution in [0.3, 0.4) is 0 Å². The molecule has 0 saturated carbocycles. The first kappa shape index (κ1) is 21.0. The lowest BCUT2D eigenvalue weighted by atomic mass is 10.0. The predicted octanol–water partition coefficient (Wildman–Crippen LogP) is 3.23. The van der Waals surface area contributed by atoms with Crippen molar-refractivity contribution in [2.24, 2.45) is 0 Å². The van der Waals surface area contributed by atoms with Crippen LogP contribution >= 0.6 is 27.5 Å². The first-order valence-corrected chi connectivity index (χ1v) is 9.81. The standard InChI is InChI=1S/C20H17BrClN3O4/c1-29-19(27)9-17(13-4-2-3-5-15(13)22)24-18(26)10-25-11-23-16-7-6-12(21)8-14(16)20(25)28/h2-8,11,17H,9-10H2,1H3,(H,24,26). The number of carbonyl (C=O) groups is 2. The van der Waals surface area contributed by atoms with Crippen LogP contribution in [-0.4, -0.2) is 28.5 Å². The topological polar surface area (TPSA) is 90.3 Å². The van der Waals surface area contributed by atoms with E-state index in [0.717, 1.165) is 4.47 Å². The summed E-state index contributed by atoms with van der Waals surface area (Å²) in [5.41, 5.74) is 0.782. The van der Waals surface area contributed by atoms with Crippen molar-refractivity contribution in [1.82, 2.24) is 14.9 Å². The second kappa shape index (κ2) is 9.19. The third-order valence-corrected chi connectivity index (χ3v) is 5.15. The number of hydrogen-bond donors (Lipinski definition) is 1. The second-order valence-corrected chi connectivity index (χ2v) is 7.58. The molecule has 0 aliphatic rings. The van der Waals surface area contributed by atoms with Crippen LogP contribution in [-0.2, 0) is 20.9 Å². The van der Waals surface area contributed by atoms with Gasteiger partial charge < -0.3 is 10.1 Å². The predicted molar refractivity (Wildman–Crippen MR) is 113 cm³/mol. The maximum atomic E-state index is 12.7. The molecular weight excluding hydrogens is 462 g/mol. The van der Waals surface area contributed by atoms with Crippen molar-refractivity contribution < 1.29 is 14.3 Å². The van der Waals surface area contributed by atoms with Crippen LogP contribution < -0.4 is 10.9 Å². The number of carbonyl (C=O) groups excluding carboxylic acids is 2. The van der Waals surface area contributed by atoms with Crippen molar-refractivity contribution in [3.63, 3.8) is 0 Å². The molecule has 29 heavy (non-hydrogen) atoms. The SMILES string of the molecule is COC(=O)CC(NC(=O)Cn1cnc2ccc(Br)cc2c1=O)c1ccccc1Cl. The van der Waals surface area contributed by atoms with Crippen LogP contribution in [0.4, 0.5) is 0 Å². The highest BCUT2D eigenvalue weighted by atomic mass is 79.9. The third kappa shape index (κ3) is 5.02. The molecule has 0 saturated heterocycles. The van der Waals surface area contributed by atoms with E-state index < -0.39 is 17.9 Å². The van der Waals surface area contributed by atoms with Gasteiger partial charge in [-0.2, -0.15) is 0 Å².